The number of aliphatic hydroxyl groups excluding tert-OH is 1. The second kappa shape index (κ2) is 3.31. The second-order valence-corrected chi connectivity index (χ2v) is 3.46. The smallest absolute Gasteiger partial charge is 0.248 e. The monoisotopic (exact) mass is 192 g/mol. The molecule has 0 unspecified atom stereocenters. The van der Waals surface area contributed by atoms with Crippen molar-refractivity contribution in [3.05, 3.63) is 29.3 Å². The average Bonchev–Trinajstić information content (AvgIpc) is 2.58. The van der Waals surface area contributed by atoms with E-state index >= 15 is 0 Å². The van der Waals surface area contributed by atoms with Crippen LogP contribution >= 0.6 is 0 Å². The highest BCUT2D eigenvalue weighted by Gasteiger charge is 2.20. The van der Waals surface area contributed by atoms with Gasteiger partial charge in [0.15, 0.2) is 0 Å². The van der Waals surface area contributed by atoms with Crippen molar-refractivity contribution in [3.63, 3.8) is 0 Å². The second-order valence-electron chi connectivity index (χ2n) is 3.46. The van der Waals surface area contributed by atoms with Gasteiger partial charge in [0.1, 0.15) is 0 Å². The van der Waals surface area contributed by atoms with E-state index in [1.54, 1.807) is 12.1 Å². The predicted molar refractivity (Wildman–Crippen MR) is 53.2 cm³/mol. The number of fused-ring (bicyclic) bond motifs is 1. The highest BCUT2D eigenvalue weighted by molar-refractivity contribution is 5.93. The number of nitrogens with one attached hydrogen (secondary N) is 1. The van der Waals surface area contributed by atoms with E-state index in [9.17, 15) is 4.79 Å². The van der Waals surface area contributed by atoms with Crippen LogP contribution in [0.4, 0.5) is 5.69 Å². The summed E-state index contributed by atoms with van der Waals surface area (Å²) in [4.78, 5) is 10.9. The van der Waals surface area contributed by atoms with Gasteiger partial charge in [-0.1, -0.05) is 0 Å². The Morgan fingerprint density at radius 2 is 2.43 bits per heavy atom. The third-order valence-corrected chi connectivity index (χ3v) is 2.44. The van der Waals surface area contributed by atoms with Crippen molar-refractivity contribution in [1.29, 1.82) is 0 Å². The topological polar surface area (TPSA) is 75.4 Å². The quantitative estimate of drug-likeness (QED) is 0.622. The zero-order chi connectivity index (χ0) is 10.1. The molecular weight excluding hydrogens is 180 g/mol. The number of aliphatic hydroxyl groups is 1. The van der Waals surface area contributed by atoms with Crippen molar-refractivity contribution in [1.82, 2.24) is 0 Å². The van der Waals surface area contributed by atoms with Crippen LogP contribution in [0, 0.1) is 0 Å². The van der Waals surface area contributed by atoms with Crippen molar-refractivity contribution in [2.75, 3.05) is 11.9 Å². The van der Waals surface area contributed by atoms with Gasteiger partial charge in [-0.2, -0.15) is 0 Å². The maximum Gasteiger partial charge on any atom is 0.248 e. The summed E-state index contributed by atoms with van der Waals surface area (Å²) in [5.41, 5.74) is 7.71. The largest absolute Gasteiger partial charge is 0.394 e. The van der Waals surface area contributed by atoms with Crippen molar-refractivity contribution in [2.24, 2.45) is 5.73 Å². The number of rotatable bonds is 2. The zero-order valence-electron chi connectivity index (χ0n) is 7.66. The first-order valence-corrected chi connectivity index (χ1v) is 4.51. The van der Waals surface area contributed by atoms with E-state index in [2.05, 4.69) is 5.32 Å². The maximum atomic E-state index is 10.9. The Bertz CT molecular complexity index is 376. The minimum absolute atomic E-state index is 0.0631. The Balaban J connectivity index is 2.31. The van der Waals surface area contributed by atoms with Gasteiger partial charge < -0.3 is 16.2 Å². The summed E-state index contributed by atoms with van der Waals surface area (Å²) in [7, 11) is 0. The fraction of sp³-hybridized carbons (Fsp3) is 0.300. The number of primary amides is 1. The number of hydrogen-bond donors (Lipinski definition) is 3. The van der Waals surface area contributed by atoms with Crippen molar-refractivity contribution >= 4 is 11.6 Å². The molecule has 0 radical (unpaired) electrons. The van der Waals surface area contributed by atoms with Gasteiger partial charge in [0.2, 0.25) is 5.91 Å². The molecule has 1 aliphatic heterocycles. The van der Waals surface area contributed by atoms with Gasteiger partial charge in [-0.05, 0) is 30.2 Å². The molecule has 0 aliphatic carbocycles. The minimum atomic E-state index is -0.416. The van der Waals surface area contributed by atoms with E-state index in [-0.39, 0.29) is 12.6 Å². The third-order valence-electron chi connectivity index (χ3n) is 2.44. The molecule has 1 aromatic rings. The van der Waals surface area contributed by atoms with E-state index in [1.165, 1.54) is 0 Å². The summed E-state index contributed by atoms with van der Waals surface area (Å²) in [6, 6.07) is 5.35. The predicted octanol–water partition coefficient (Wildman–Crippen LogP) is 0.114. The molecule has 2 rings (SSSR count). The first-order valence-electron chi connectivity index (χ1n) is 4.51. The van der Waals surface area contributed by atoms with Gasteiger partial charge in [-0.25, -0.2) is 0 Å². The van der Waals surface area contributed by atoms with Crippen LogP contribution in [0.5, 0.6) is 0 Å². The Kier molecular flexibility index (Phi) is 2.13. The summed E-state index contributed by atoms with van der Waals surface area (Å²) in [5.74, 6) is -0.416. The Morgan fingerprint density at radius 3 is 3.07 bits per heavy atom. The fourth-order valence-corrected chi connectivity index (χ4v) is 1.70. The van der Waals surface area contributed by atoms with Gasteiger partial charge in [0.25, 0.3) is 0 Å². The molecule has 1 amide bonds. The zero-order valence-corrected chi connectivity index (χ0v) is 7.66. The molecule has 0 fully saturated rings. The van der Waals surface area contributed by atoms with E-state index in [0.717, 1.165) is 17.7 Å². The third kappa shape index (κ3) is 1.44. The van der Waals surface area contributed by atoms with Crippen LogP contribution in [-0.2, 0) is 6.42 Å². The van der Waals surface area contributed by atoms with Gasteiger partial charge >= 0.3 is 0 Å². The van der Waals surface area contributed by atoms with Crippen molar-refractivity contribution < 1.29 is 9.90 Å². The molecule has 4 heteroatoms. The molecule has 1 aromatic carbocycles. The van der Waals surface area contributed by atoms with E-state index < -0.39 is 5.91 Å². The molecule has 14 heavy (non-hydrogen) atoms. The molecule has 1 aliphatic rings. The van der Waals surface area contributed by atoms with Gasteiger partial charge in [-0.3, -0.25) is 4.79 Å². The molecule has 0 saturated heterocycles. The molecule has 4 N–H and O–H groups in total. The molecule has 1 heterocycles. The molecule has 0 spiro atoms. The highest BCUT2D eigenvalue weighted by Crippen LogP contribution is 2.26. The lowest BCUT2D eigenvalue weighted by molar-refractivity contribution is 0.1000. The van der Waals surface area contributed by atoms with Crippen LogP contribution in [0.3, 0.4) is 0 Å². The van der Waals surface area contributed by atoms with Crippen LogP contribution in [0.2, 0.25) is 0 Å². The molecule has 0 bridgehead atoms. The van der Waals surface area contributed by atoms with E-state index in [1.807, 2.05) is 6.07 Å². The normalized spacial score (nSPS) is 18.8. The molecular formula is C10H12N2O2. The molecule has 4 nitrogen and oxygen atoms in total. The van der Waals surface area contributed by atoms with E-state index in [0.29, 0.717) is 5.56 Å². The first kappa shape index (κ1) is 9.02. The lowest BCUT2D eigenvalue weighted by atomic mass is 10.1. The van der Waals surface area contributed by atoms with Crippen molar-refractivity contribution in [2.45, 2.75) is 12.5 Å². The highest BCUT2D eigenvalue weighted by atomic mass is 16.3. The molecule has 0 aromatic heterocycles. The minimum Gasteiger partial charge on any atom is -0.394 e. The summed E-state index contributed by atoms with van der Waals surface area (Å²) < 4.78 is 0. The number of amides is 1. The van der Waals surface area contributed by atoms with Gasteiger partial charge in [-0.15, -0.1) is 0 Å². The van der Waals surface area contributed by atoms with E-state index in [4.69, 9.17) is 10.8 Å². The summed E-state index contributed by atoms with van der Waals surface area (Å²) >= 11 is 0. The van der Waals surface area contributed by atoms with Crippen LogP contribution in [0.1, 0.15) is 15.9 Å². The Labute approximate surface area is 81.7 Å². The Hall–Kier alpha value is -1.55. The van der Waals surface area contributed by atoms with Crippen LogP contribution < -0.4 is 11.1 Å². The number of benzene rings is 1. The number of hydrogen-bond acceptors (Lipinski definition) is 3. The van der Waals surface area contributed by atoms with Gasteiger partial charge in [0.05, 0.1) is 12.6 Å². The number of anilines is 1. The van der Waals surface area contributed by atoms with Crippen LogP contribution in [-0.4, -0.2) is 23.7 Å². The number of nitrogens with two attached hydrogens (primary N) is 1. The van der Waals surface area contributed by atoms with Crippen LogP contribution in [0.15, 0.2) is 18.2 Å². The standard InChI is InChI=1S/C10H12N2O2/c11-10(14)6-1-2-9-7(3-6)4-8(5-13)12-9/h1-3,8,12-13H,4-5H2,(H2,11,14)/t8-/m1/s1. The van der Waals surface area contributed by atoms with Crippen LogP contribution in [0.25, 0.3) is 0 Å². The lowest BCUT2D eigenvalue weighted by Crippen LogP contribution is -2.19. The average molecular weight is 192 g/mol. The number of carbonyl (C=O) groups is 1. The molecule has 1 atom stereocenters. The molecule has 74 valence electrons. The SMILES string of the molecule is NC(=O)c1ccc2c(c1)C[C@H](CO)N2. The lowest BCUT2D eigenvalue weighted by Gasteiger charge is -2.05. The van der Waals surface area contributed by atoms with Crippen molar-refractivity contribution in [3.8, 4) is 0 Å². The Morgan fingerprint density at radius 1 is 1.64 bits per heavy atom. The summed E-state index contributed by atoms with van der Waals surface area (Å²) in [5, 5.41) is 12.1. The number of carbonyl (C=O) groups excluding carboxylic acids is 1. The maximum absolute atomic E-state index is 10.9. The molecule has 0 saturated carbocycles. The summed E-state index contributed by atoms with van der Waals surface area (Å²) in [6.07, 6.45) is 0.743. The van der Waals surface area contributed by atoms with Gasteiger partial charge in [0, 0.05) is 11.3 Å². The fourth-order valence-electron chi connectivity index (χ4n) is 1.70. The first-order chi connectivity index (χ1) is 6.70. The summed E-state index contributed by atoms with van der Waals surface area (Å²) in [6.45, 7) is 0.0978.